The average Bonchev–Trinajstić information content (AvgIpc) is 3.25. The lowest BCUT2D eigenvalue weighted by Crippen LogP contribution is -2.40. The van der Waals surface area contributed by atoms with Crippen LogP contribution in [0.5, 0.6) is 5.75 Å². The Balaban J connectivity index is 2.22. The van der Waals surface area contributed by atoms with Crippen LogP contribution in [-0.4, -0.2) is 39.6 Å². The molecule has 1 heterocycles. The summed E-state index contributed by atoms with van der Waals surface area (Å²) in [4.78, 5) is 20.5. The Morgan fingerprint density at radius 1 is 0.889 bits per heavy atom. The second-order valence-corrected chi connectivity index (χ2v) is 16.1. The van der Waals surface area contributed by atoms with Gasteiger partial charge in [-0.15, -0.1) is 0 Å². The van der Waals surface area contributed by atoms with Crippen molar-refractivity contribution in [2.75, 3.05) is 6.61 Å². The Labute approximate surface area is 272 Å². The second-order valence-electron chi connectivity index (χ2n) is 16.1. The van der Waals surface area contributed by atoms with Gasteiger partial charge in [-0.3, -0.25) is 0 Å². The zero-order chi connectivity index (χ0) is 33.7. The number of unbranched alkanes of at least 4 members (excludes halogenated alkanes) is 3. The van der Waals surface area contributed by atoms with E-state index in [2.05, 4.69) is 105 Å². The summed E-state index contributed by atoms with van der Waals surface area (Å²) in [5, 5.41) is 22.4. The number of nitrogens with zero attached hydrogens (tertiary/aromatic N) is 2. The van der Waals surface area contributed by atoms with Crippen LogP contribution in [0.15, 0.2) is 52.7 Å². The highest BCUT2D eigenvalue weighted by atomic mass is 16.5. The van der Waals surface area contributed by atoms with E-state index < -0.39 is 5.97 Å². The van der Waals surface area contributed by atoms with E-state index in [-0.39, 0.29) is 46.0 Å². The maximum atomic E-state index is 13.2. The van der Waals surface area contributed by atoms with Crippen molar-refractivity contribution in [2.45, 2.75) is 138 Å². The van der Waals surface area contributed by atoms with Crippen LogP contribution < -0.4 is 0 Å². The highest BCUT2D eigenvalue weighted by Crippen LogP contribution is 2.42. The van der Waals surface area contributed by atoms with E-state index in [0.717, 1.165) is 48.8 Å². The zero-order valence-electron chi connectivity index (χ0n) is 29.8. The molecular formula is C39H58N2O4. The summed E-state index contributed by atoms with van der Waals surface area (Å²) in [7, 11) is 0. The van der Waals surface area contributed by atoms with Gasteiger partial charge in [-0.05, 0) is 59.3 Å². The summed E-state index contributed by atoms with van der Waals surface area (Å²) in [6.07, 6.45) is 6.43. The third-order valence-electron chi connectivity index (χ3n) is 8.39. The lowest BCUT2D eigenvalue weighted by Gasteiger charge is -2.33. The van der Waals surface area contributed by atoms with Gasteiger partial charge in [-0.1, -0.05) is 119 Å². The van der Waals surface area contributed by atoms with Crippen LogP contribution in [0.25, 0.3) is 0 Å². The second kappa shape index (κ2) is 14.4. The fraction of sp³-hybridized carbons (Fsp3) is 0.590. The number of aliphatic hydroxyl groups is 1. The van der Waals surface area contributed by atoms with Gasteiger partial charge in [0.2, 0.25) is 0 Å². The normalized spacial score (nSPS) is 15.4. The van der Waals surface area contributed by atoms with E-state index in [1.807, 2.05) is 12.1 Å². The topological polar surface area (TPSA) is 82.4 Å². The van der Waals surface area contributed by atoms with Crippen molar-refractivity contribution in [3.63, 3.8) is 0 Å². The maximum Gasteiger partial charge on any atom is 0.345 e. The Bertz CT molecular complexity index is 1350. The number of phenols is 1. The predicted octanol–water partition coefficient (Wildman–Crippen LogP) is 9.84. The number of benzene rings is 2. The molecule has 2 aromatic rings. The SMILES string of the molecule is CCCCCCC(C)N(Cc1ccc(CC(C)(C)C)cc1)C(=Nc1cc(C(C)(C)C)c(O)c(C(C)(C)C)c1)C1=C(O)COC1=O. The standard InChI is InChI=1S/C39H58N2O4/c1-12-13-14-15-16-26(2)41(24-28-19-17-27(18-20-28)23-37(3,4)5)35(33-32(42)25-45-36(33)44)40-29-21-30(38(6,7)8)34(43)31(22-29)39(9,10)11/h17-22,26,42-43H,12-16,23-25H2,1-11H3. The van der Waals surface area contributed by atoms with E-state index in [1.165, 1.54) is 12.0 Å². The molecular weight excluding hydrogens is 560 g/mol. The van der Waals surface area contributed by atoms with Crippen LogP contribution in [0.4, 0.5) is 5.69 Å². The van der Waals surface area contributed by atoms with Gasteiger partial charge < -0.3 is 19.8 Å². The molecule has 1 unspecified atom stereocenters. The molecule has 2 N–H and O–H groups in total. The summed E-state index contributed by atoms with van der Waals surface area (Å²) >= 11 is 0. The number of aliphatic hydroxyl groups excluding tert-OH is 1. The van der Waals surface area contributed by atoms with Crippen LogP contribution in [0.3, 0.4) is 0 Å². The lowest BCUT2D eigenvalue weighted by molar-refractivity contribution is -0.135. The van der Waals surface area contributed by atoms with Gasteiger partial charge in [-0.2, -0.15) is 0 Å². The van der Waals surface area contributed by atoms with Crippen molar-refractivity contribution in [2.24, 2.45) is 10.4 Å². The summed E-state index contributed by atoms with van der Waals surface area (Å²) in [6, 6.07) is 12.5. The number of carbonyl (C=O) groups is 1. The van der Waals surface area contributed by atoms with E-state index >= 15 is 0 Å². The van der Waals surface area contributed by atoms with Gasteiger partial charge in [0.25, 0.3) is 0 Å². The number of hydrogen-bond donors (Lipinski definition) is 2. The van der Waals surface area contributed by atoms with Crippen molar-refractivity contribution >= 4 is 17.5 Å². The van der Waals surface area contributed by atoms with Gasteiger partial charge in [0.1, 0.15) is 29.5 Å². The van der Waals surface area contributed by atoms with E-state index in [1.54, 1.807) is 0 Å². The number of aromatic hydroxyl groups is 1. The van der Waals surface area contributed by atoms with Crippen LogP contribution in [0.1, 0.15) is 131 Å². The first-order valence-corrected chi connectivity index (χ1v) is 16.7. The molecule has 0 saturated heterocycles. The molecule has 0 saturated carbocycles. The average molecular weight is 619 g/mol. The van der Waals surface area contributed by atoms with Crippen LogP contribution in [0.2, 0.25) is 0 Å². The van der Waals surface area contributed by atoms with E-state index in [4.69, 9.17) is 9.73 Å². The minimum atomic E-state index is -0.569. The van der Waals surface area contributed by atoms with Crippen LogP contribution >= 0.6 is 0 Å². The molecule has 0 fully saturated rings. The molecule has 0 aliphatic carbocycles. The molecule has 45 heavy (non-hydrogen) atoms. The Morgan fingerprint density at radius 3 is 1.91 bits per heavy atom. The van der Waals surface area contributed by atoms with Gasteiger partial charge in [-0.25, -0.2) is 9.79 Å². The number of cyclic esters (lactones) is 1. The van der Waals surface area contributed by atoms with Crippen molar-refractivity contribution in [1.82, 2.24) is 4.90 Å². The molecule has 0 spiro atoms. The Morgan fingerprint density at radius 2 is 1.44 bits per heavy atom. The van der Waals surface area contributed by atoms with Crippen molar-refractivity contribution in [3.05, 3.63) is 70.0 Å². The van der Waals surface area contributed by atoms with Crippen LogP contribution in [-0.2, 0) is 33.3 Å². The largest absolute Gasteiger partial charge is 0.508 e. The quantitative estimate of drug-likeness (QED) is 0.113. The number of ether oxygens (including phenoxy) is 1. The number of phenolic OH excluding ortho intramolecular Hbond substituents is 1. The first-order valence-electron chi connectivity index (χ1n) is 16.7. The molecule has 0 radical (unpaired) electrons. The zero-order valence-corrected chi connectivity index (χ0v) is 29.8. The van der Waals surface area contributed by atoms with E-state index in [0.29, 0.717) is 18.1 Å². The number of aliphatic imine (C=N–C) groups is 1. The maximum absolute atomic E-state index is 13.2. The minimum absolute atomic E-state index is 0.0323. The highest BCUT2D eigenvalue weighted by Gasteiger charge is 2.35. The van der Waals surface area contributed by atoms with Gasteiger partial charge in [0.15, 0.2) is 0 Å². The molecule has 0 aromatic heterocycles. The van der Waals surface area contributed by atoms with Gasteiger partial charge in [0, 0.05) is 23.7 Å². The smallest absolute Gasteiger partial charge is 0.345 e. The fourth-order valence-corrected chi connectivity index (χ4v) is 5.86. The molecule has 248 valence electrons. The van der Waals surface area contributed by atoms with Crippen molar-refractivity contribution in [3.8, 4) is 5.75 Å². The first-order chi connectivity index (χ1) is 20.8. The molecule has 2 aromatic carbocycles. The Hall–Kier alpha value is -3.28. The number of hydrogen-bond acceptors (Lipinski definition) is 5. The molecule has 0 amide bonds. The minimum Gasteiger partial charge on any atom is -0.508 e. The first kappa shape index (κ1) is 36.2. The molecule has 1 aliphatic rings. The fourth-order valence-electron chi connectivity index (χ4n) is 5.86. The third-order valence-corrected chi connectivity index (χ3v) is 8.39. The number of amidine groups is 1. The highest BCUT2D eigenvalue weighted by molar-refractivity contribution is 6.20. The molecule has 1 atom stereocenters. The summed E-state index contributed by atoms with van der Waals surface area (Å²) in [6.45, 7) is 23.9. The summed E-state index contributed by atoms with van der Waals surface area (Å²) < 4.78 is 5.32. The summed E-state index contributed by atoms with van der Waals surface area (Å²) in [5.74, 6) is 0.00524. The van der Waals surface area contributed by atoms with Gasteiger partial charge >= 0.3 is 5.97 Å². The molecule has 6 nitrogen and oxygen atoms in total. The van der Waals surface area contributed by atoms with Crippen molar-refractivity contribution < 1.29 is 19.7 Å². The number of carbonyl (C=O) groups excluding carboxylic acids is 1. The van der Waals surface area contributed by atoms with Crippen molar-refractivity contribution in [1.29, 1.82) is 0 Å². The third kappa shape index (κ3) is 9.85. The monoisotopic (exact) mass is 618 g/mol. The molecule has 0 bridgehead atoms. The lowest BCUT2D eigenvalue weighted by atomic mass is 9.79. The number of esters is 1. The molecule has 3 rings (SSSR count). The number of rotatable bonds is 11. The van der Waals surface area contributed by atoms with E-state index in [9.17, 15) is 15.0 Å². The molecule has 1 aliphatic heterocycles. The predicted molar refractivity (Wildman–Crippen MR) is 187 cm³/mol. The summed E-state index contributed by atoms with van der Waals surface area (Å²) in [5.41, 5.74) is 4.20. The molecule has 6 heteroatoms. The van der Waals surface area contributed by atoms with Crippen LogP contribution in [0, 0.1) is 5.41 Å². The van der Waals surface area contributed by atoms with Gasteiger partial charge in [0.05, 0.1) is 5.69 Å². The Kier molecular flexibility index (Phi) is 11.6.